The van der Waals surface area contributed by atoms with E-state index in [4.69, 9.17) is 14.2 Å². The summed E-state index contributed by atoms with van der Waals surface area (Å²) < 4.78 is 20.9. The Morgan fingerprint density at radius 1 is 0.879 bits per heavy atom. The van der Waals surface area contributed by atoms with Crippen LogP contribution < -0.4 is 19.7 Å². The fourth-order valence-corrected chi connectivity index (χ4v) is 15.7. The molecule has 9 atom stereocenters. The predicted octanol–water partition coefficient (Wildman–Crippen LogP) is 13.3. The van der Waals surface area contributed by atoms with Gasteiger partial charge in [-0.25, -0.2) is 0 Å². The molecule has 5 aromatic carbocycles. The molecule has 1 spiro atoms. The number of Topliss-reactive ketones (excluding diaryl/α,β-unsaturated/α-hetero) is 2. The van der Waals surface area contributed by atoms with E-state index in [-0.39, 0.29) is 96.2 Å². The third kappa shape index (κ3) is 11.6. The molecule has 15 heteroatoms. The number of methoxy groups -OCH3 is 1. The molecule has 466 valence electrons. The number of nitrogens with zero attached hydrogens (tertiary/aromatic N) is 2. The van der Waals surface area contributed by atoms with E-state index in [0.29, 0.717) is 61.8 Å². The molecule has 4 heterocycles. The summed E-state index contributed by atoms with van der Waals surface area (Å²) in [5.74, 6) is 6.42. The molecule has 4 aliphatic carbocycles. The third-order valence-corrected chi connectivity index (χ3v) is 19.7. The fraction of sp³-hybridized carbons (Fsp3) is 0.329. The van der Waals surface area contributed by atoms with Crippen LogP contribution in [0.2, 0.25) is 0 Å². The Balaban J connectivity index is 1.00. The number of aromatic amines is 1. The molecule has 0 saturated carbocycles. The Morgan fingerprint density at radius 3 is 2.53 bits per heavy atom. The zero-order valence-electron chi connectivity index (χ0n) is 51.4. The number of carbonyl (C=O) groups is 3. The van der Waals surface area contributed by atoms with Crippen LogP contribution in [0.15, 0.2) is 175 Å². The highest BCUT2D eigenvalue weighted by Crippen LogP contribution is 2.60. The summed E-state index contributed by atoms with van der Waals surface area (Å²) in [5.41, 5.74) is 9.03. The number of ketones is 2. The summed E-state index contributed by atoms with van der Waals surface area (Å²) in [6.07, 6.45) is 23.5. The molecule has 7 N–H and O–H groups in total. The SMILES string of the molecule is COc1cc([C@H]2CC(=O)C[C@H](OC(C)=O)CC[C@@]34C5=CC=C[C@@H]3CC=C[C@@H]4c3c[nH]cc3[C@@H](C#CC5)[C@H](c3cccc(O)c3)C3=CCNC(=C3)N(CCC(C)=O)c3ccc4c5c(n2cc35)CC[C@H]4O)cc(O)c1Oc1cc(O)cc([C@H](CCO)c2ccccc2)c1. The van der Waals surface area contributed by atoms with E-state index < -0.39 is 41.5 Å². The monoisotopic (exact) mass is 1220 g/mol. The maximum absolute atomic E-state index is 15.6. The number of rotatable bonds is 13. The van der Waals surface area contributed by atoms with Crippen molar-refractivity contribution < 1.29 is 54.1 Å². The predicted molar refractivity (Wildman–Crippen MR) is 348 cm³/mol. The number of anilines is 1. The number of esters is 1. The minimum absolute atomic E-state index is 0.00673. The van der Waals surface area contributed by atoms with Gasteiger partial charge in [-0.3, -0.25) is 14.4 Å². The van der Waals surface area contributed by atoms with Crippen LogP contribution in [0.25, 0.3) is 10.8 Å². The molecule has 7 aromatic rings. The number of aliphatic hydroxyl groups excluding tert-OH is 2. The first-order chi connectivity index (χ1) is 44.2. The highest BCUT2D eigenvalue weighted by molar-refractivity contribution is 6.00. The summed E-state index contributed by atoms with van der Waals surface area (Å²) >= 11 is 0. The number of nitrogens with one attached hydrogen (secondary N) is 2. The first kappa shape index (κ1) is 60.4. The van der Waals surface area contributed by atoms with E-state index in [0.717, 1.165) is 62.2 Å². The molecule has 2 aromatic heterocycles. The number of aromatic hydroxyl groups is 3. The van der Waals surface area contributed by atoms with Crippen molar-refractivity contribution >= 4 is 34.0 Å². The number of phenolic OH excluding ortho intramolecular Hbond substituents is 3. The Hall–Kier alpha value is -9.49. The van der Waals surface area contributed by atoms with Crippen molar-refractivity contribution in [3.05, 3.63) is 220 Å². The maximum Gasteiger partial charge on any atom is 0.302 e. The van der Waals surface area contributed by atoms with Crippen molar-refractivity contribution in [3.63, 3.8) is 0 Å². The second-order valence-electron chi connectivity index (χ2n) is 25.1. The van der Waals surface area contributed by atoms with E-state index in [2.05, 4.69) is 86.5 Å². The number of benzene rings is 5. The maximum atomic E-state index is 15.6. The Labute approximate surface area is 529 Å². The van der Waals surface area contributed by atoms with Crippen molar-refractivity contribution in [1.29, 1.82) is 0 Å². The van der Waals surface area contributed by atoms with Gasteiger partial charge in [-0.05, 0) is 144 Å². The van der Waals surface area contributed by atoms with Gasteiger partial charge in [0.2, 0.25) is 5.75 Å². The molecule has 2 aliphatic heterocycles. The minimum atomic E-state index is -0.825. The number of fused-ring (bicyclic) bond motifs is 3. The number of allylic oxidation sites excluding steroid dienone is 8. The van der Waals surface area contributed by atoms with Crippen LogP contribution in [0.4, 0.5) is 5.69 Å². The summed E-state index contributed by atoms with van der Waals surface area (Å²) in [6.45, 7) is 3.57. The molecular formula is C76H76N4O11. The van der Waals surface area contributed by atoms with Crippen molar-refractivity contribution in [2.75, 3.05) is 31.7 Å². The number of carbonyl (C=O) groups excluding carboxylic acids is 3. The molecule has 0 amide bonds. The lowest BCUT2D eigenvalue weighted by atomic mass is 9.53. The number of hydrogen-bond acceptors (Lipinski definition) is 13. The number of aliphatic hydroxyl groups is 2. The second-order valence-corrected chi connectivity index (χ2v) is 25.1. The minimum Gasteiger partial charge on any atom is -0.508 e. The van der Waals surface area contributed by atoms with Crippen LogP contribution in [-0.2, 0) is 25.5 Å². The smallest absolute Gasteiger partial charge is 0.302 e. The van der Waals surface area contributed by atoms with Gasteiger partial charge in [-0.1, -0.05) is 102 Å². The van der Waals surface area contributed by atoms with Gasteiger partial charge >= 0.3 is 5.97 Å². The molecule has 13 rings (SSSR count). The number of H-pyrrole nitrogens is 1. The number of dihydropyridines is 1. The zero-order chi connectivity index (χ0) is 63.1. The van der Waals surface area contributed by atoms with Gasteiger partial charge in [0.25, 0.3) is 0 Å². The molecular weight excluding hydrogens is 1140 g/mol. The third-order valence-electron chi connectivity index (χ3n) is 19.7. The average Bonchev–Trinajstić information content (AvgIpc) is 1.67. The Bertz CT molecular complexity index is 4210. The zero-order valence-corrected chi connectivity index (χ0v) is 51.4. The van der Waals surface area contributed by atoms with Crippen molar-refractivity contribution in [2.45, 2.75) is 120 Å². The van der Waals surface area contributed by atoms with Crippen molar-refractivity contribution in [2.24, 2.45) is 11.3 Å². The molecule has 0 fully saturated rings. The number of ether oxygens (including phenoxy) is 3. The van der Waals surface area contributed by atoms with Crippen molar-refractivity contribution in [3.8, 4) is 46.3 Å². The number of aryl methyl sites for hydroxylation is 1. The van der Waals surface area contributed by atoms with Crippen LogP contribution in [-0.4, -0.2) is 85.5 Å². The van der Waals surface area contributed by atoms with Crippen molar-refractivity contribution in [1.82, 2.24) is 14.9 Å². The summed E-state index contributed by atoms with van der Waals surface area (Å²) in [4.78, 5) is 47.8. The molecule has 15 nitrogen and oxygen atoms in total. The molecule has 6 aliphatic rings. The van der Waals surface area contributed by atoms with Crippen LogP contribution in [0, 0.1) is 23.2 Å². The van der Waals surface area contributed by atoms with E-state index >= 15 is 4.79 Å². The first-order valence-electron chi connectivity index (χ1n) is 31.7. The normalized spacial score (nSPS) is 23.7. The summed E-state index contributed by atoms with van der Waals surface area (Å²) in [5, 5.41) is 62.2. The van der Waals surface area contributed by atoms with E-state index in [1.54, 1.807) is 37.3 Å². The largest absolute Gasteiger partial charge is 0.508 e. The quantitative estimate of drug-likeness (QED) is 0.0325. The average molecular weight is 1220 g/mol. The van der Waals surface area contributed by atoms with Gasteiger partial charge in [-0.15, -0.1) is 0 Å². The lowest BCUT2D eigenvalue weighted by Gasteiger charge is -2.50. The van der Waals surface area contributed by atoms with E-state index in [9.17, 15) is 35.1 Å². The molecule has 0 saturated heterocycles. The number of phenols is 3. The van der Waals surface area contributed by atoms with Gasteiger partial charge < -0.3 is 59.5 Å². The molecule has 6 bridgehead atoms. The van der Waals surface area contributed by atoms with Crippen LogP contribution in [0.1, 0.15) is 152 Å². The number of hydrogen-bond donors (Lipinski definition) is 7. The summed E-state index contributed by atoms with van der Waals surface area (Å²) in [7, 11) is 1.46. The number of aromatic nitrogens is 2. The van der Waals surface area contributed by atoms with Gasteiger partial charge in [0, 0.05) is 117 Å². The Morgan fingerprint density at radius 2 is 1.73 bits per heavy atom. The lowest BCUT2D eigenvalue weighted by molar-refractivity contribution is -0.148. The fourth-order valence-electron chi connectivity index (χ4n) is 15.7. The van der Waals surface area contributed by atoms with E-state index in [1.807, 2.05) is 66.9 Å². The first-order valence-corrected chi connectivity index (χ1v) is 31.7. The van der Waals surface area contributed by atoms with E-state index in [1.165, 1.54) is 25.7 Å². The van der Waals surface area contributed by atoms with Gasteiger partial charge in [0.15, 0.2) is 11.5 Å². The highest BCUT2D eigenvalue weighted by Gasteiger charge is 2.51. The highest BCUT2D eigenvalue weighted by atomic mass is 16.5. The molecule has 0 radical (unpaired) electrons. The standard InChI is InChI=1S/C76H76N4O11/c1-45(82)27-31-79-66-22-21-61-69(87)24-23-67-74(61)64(66)44-80(67)68(51-36-70(88)75(71(37-51)89-3)91-58-35-50(34-55(85)40-58)59(28-32-81)47-11-5-4-6-12-47)41-56(86)39-57(90-46(2)83)25-29-76-52-14-8-15-53(76)17-10-20-65(76)63-43-77-42-62(63)60(19-9-16-52)73(48-13-7-18-54(84)33-48)49-26-30-78-72(79)38-49/h4-8,10-15,18,20-22,26,33-38,40,42-44,53,57,59-60,65,68-69,73,77-78,81,84-85,87-88H,16-17,23-25,27-32,39,41H2,1-3H3/t53-,57-,59-,60-,65-,68-,69-,73-,76-/m1/s1. The van der Waals surface area contributed by atoms with Gasteiger partial charge in [-0.2, -0.15) is 0 Å². The summed E-state index contributed by atoms with van der Waals surface area (Å²) in [6, 6.07) is 28.4. The van der Waals surface area contributed by atoms with Crippen LogP contribution in [0.3, 0.4) is 0 Å². The molecule has 0 unspecified atom stereocenters. The molecule has 91 heavy (non-hydrogen) atoms. The second kappa shape index (κ2) is 25.4. The van der Waals surface area contributed by atoms with Crippen LogP contribution >= 0.6 is 0 Å². The lowest BCUT2D eigenvalue weighted by Crippen LogP contribution is -2.41. The Kier molecular flexibility index (Phi) is 16.9. The van der Waals surface area contributed by atoms with Crippen LogP contribution in [0.5, 0.6) is 34.5 Å². The van der Waals surface area contributed by atoms with Gasteiger partial charge in [0.1, 0.15) is 40.7 Å². The van der Waals surface area contributed by atoms with Gasteiger partial charge in [0.05, 0.1) is 30.9 Å². The topological polar surface area (TPSA) is 216 Å².